The number of nitrogens with one attached hydrogen (secondary N) is 1. The maximum absolute atomic E-state index is 6.47. The van der Waals surface area contributed by atoms with Crippen molar-refractivity contribution in [1.29, 1.82) is 0 Å². The van der Waals surface area contributed by atoms with Gasteiger partial charge in [-0.2, -0.15) is 0 Å². The highest BCUT2D eigenvalue weighted by Crippen LogP contribution is 2.35. The number of hydrogen-bond donors (Lipinski definition) is 1. The average Bonchev–Trinajstić information content (AvgIpc) is 2.66. The fourth-order valence-electron chi connectivity index (χ4n) is 3.65. The summed E-state index contributed by atoms with van der Waals surface area (Å²) in [6.45, 7) is 13.8. The number of hydrogen-bond acceptors (Lipinski definition) is 3. The summed E-state index contributed by atoms with van der Waals surface area (Å²) in [5.74, 6) is 1.98. The molecule has 0 unspecified atom stereocenters. The van der Waals surface area contributed by atoms with Gasteiger partial charge in [0.2, 0.25) is 0 Å². The van der Waals surface area contributed by atoms with Crippen LogP contribution in [-0.4, -0.2) is 26.2 Å². The van der Waals surface area contributed by atoms with Gasteiger partial charge >= 0.3 is 0 Å². The molecule has 0 radical (unpaired) electrons. The van der Waals surface area contributed by atoms with E-state index in [1.807, 2.05) is 0 Å². The van der Waals surface area contributed by atoms with E-state index < -0.39 is 0 Å². The van der Waals surface area contributed by atoms with Crippen LogP contribution in [0.15, 0.2) is 42.5 Å². The first-order valence-electron chi connectivity index (χ1n) is 9.87. The normalized spacial score (nSPS) is 14.9. The van der Waals surface area contributed by atoms with E-state index in [4.69, 9.17) is 4.74 Å². The third-order valence-electron chi connectivity index (χ3n) is 5.14. The van der Waals surface area contributed by atoms with Crippen LogP contribution in [-0.2, 0) is 6.61 Å². The van der Waals surface area contributed by atoms with Gasteiger partial charge in [0.25, 0.3) is 0 Å². The van der Waals surface area contributed by atoms with Crippen molar-refractivity contribution in [2.45, 2.75) is 46.1 Å². The Labute approximate surface area is 158 Å². The molecule has 0 bridgehead atoms. The molecule has 140 valence electrons. The summed E-state index contributed by atoms with van der Waals surface area (Å²) in [4.78, 5) is 2.47. The van der Waals surface area contributed by atoms with Gasteiger partial charge in [0.05, 0.1) is 0 Å². The Kier molecular flexibility index (Phi) is 6.20. The van der Waals surface area contributed by atoms with E-state index in [0.29, 0.717) is 18.4 Å². The van der Waals surface area contributed by atoms with Gasteiger partial charge in [0.1, 0.15) is 12.4 Å². The van der Waals surface area contributed by atoms with Gasteiger partial charge < -0.3 is 15.0 Å². The van der Waals surface area contributed by atoms with E-state index in [2.05, 4.69) is 80.4 Å². The molecule has 1 fully saturated rings. The second kappa shape index (κ2) is 8.59. The van der Waals surface area contributed by atoms with E-state index in [1.165, 1.54) is 22.4 Å². The maximum Gasteiger partial charge on any atom is 0.126 e. The Morgan fingerprint density at radius 3 is 2.12 bits per heavy atom. The summed E-state index contributed by atoms with van der Waals surface area (Å²) in [7, 11) is 0. The lowest BCUT2D eigenvalue weighted by molar-refractivity contribution is 0.297. The first-order chi connectivity index (χ1) is 12.6. The van der Waals surface area contributed by atoms with Crippen molar-refractivity contribution in [3.8, 4) is 5.75 Å². The molecule has 1 N–H and O–H groups in total. The van der Waals surface area contributed by atoms with E-state index >= 15 is 0 Å². The molecule has 3 nitrogen and oxygen atoms in total. The van der Waals surface area contributed by atoms with E-state index in [1.54, 1.807) is 0 Å². The Hall–Kier alpha value is -2.00. The van der Waals surface area contributed by atoms with Crippen molar-refractivity contribution in [2.75, 3.05) is 31.1 Å². The minimum atomic E-state index is 0.451. The lowest BCUT2D eigenvalue weighted by Gasteiger charge is -2.31. The van der Waals surface area contributed by atoms with Crippen LogP contribution in [0.25, 0.3) is 0 Å². The molecule has 2 aromatic carbocycles. The van der Waals surface area contributed by atoms with E-state index in [-0.39, 0.29) is 0 Å². The number of benzene rings is 2. The predicted octanol–water partition coefficient (Wildman–Crippen LogP) is 4.92. The number of piperazine rings is 1. The SMILES string of the molecule is CC(C)c1cccc(C(C)C)c1OCc1ccccc1N1CCNCC1. The first kappa shape index (κ1) is 18.8. The summed E-state index contributed by atoms with van der Waals surface area (Å²) in [5, 5.41) is 3.43. The van der Waals surface area contributed by atoms with E-state index in [9.17, 15) is 0 Å². The molecular weight excluding hydrogens is 320 g/mol. The van der Waals surface area contributed by atoms with Gasteiger partial charge in [-0.15, -0.1) is 0 Å². The number of para-hydroxylation sites is 2. The van der Waals surface area contributed by atoms with Gasteiger partial charge in [0.15, 0.2) is 0 Å². The lowest BCUT2D eigenvalue weighted by atomic mass is 9.94. The third kappa shape index (κ3) is 4.21. The Morgan fingerprint density at radius 2 is 1.50 bits per heavy atom. The molecule has 1 heterocycles. The molecule has 0 saturated carbocycles. The van der Waals surface area contributed by atoms with Gasteiger partial charge in [-0.25, -0.2) is 0 Å². The smallest absolute Gasteiger partial charge is 0.126 e. The molecule has 3 rings (SSSR count). The van der Waals surface area contributed by atoms with Crippen molar-refractivity contribution in [1.82, 2.24) is 5.32 Å². The Morgan fingerprint density at radius 1 is 0.885 bits per heavy atom. The molecule has 3 heteroatoms. The highest BCUT2D eigenvalue weighted by Gasteiger charge is 2.17. The number of ether oxygens (including phenoxy) is 1. The van der Waals surface area contributed by atoms with Gasteiger partial charge in [-0.1, -0.05) is 64.1 Å². The lowest BCUT2D eigenvalue weighted by Crippen LogP contribution is -2.43. The predicted molar refractivity (Wildman–Crippen MR) is 110 cm³/mol. The van der Waals surface area contributed by atoms with Gasteiger partial charge in [-0.3, -0.25) is 0 Å². The van der Waals surface area contributed by atoms with Crippen LogP contribution >= 0.6 is 0 Å². The topological polar surface area (TPSA) is 24.5 Å². The van der Waals surface area contributed by atoms with Crippen molar-refractivity contribution in [3.63, 3.8) is 0 Å². The molecule has 0 aliphatic carbocycles. The summed E-state index contributed by atoms with van der Waals surface area (Å²) in [6, 6.07) is 15.2. The number of anilines is 1. The minimum Gasteiger partial charge on any atom is -0.488 e. The number of rotatable bonds is 6. The number of nitrogens with zero attached hydrogens (tertiary/aromatic N) is 1. The molecule has 1 aliphatic rings. The first-order valence-corrected chi connectivity index (χ1v) is 9.87. The van der Waals surface area contributed by atoms with Gasteiger partial charge in [0, 0.05) is 37.4 Å². The molecule has 1 aliphatic heterocycles. The van der Waals surface area contributed by atoms with Gasteiger partial charge in [-0.05, 0) is 29.0 Å². The van der Waals surface area contributed by atoms with Crippen LogP contribution in [0.2, 0.25) is 0 Å². The van der Waals surface area contributed by atoms with Crippen molar-refractivity contribution in [2.24, 2.45) is 0 Å². The molecule has 0 spiro atoms. The third-order valence-corrected chi connectivity index (χ3v) is 5.14. The summed E-state index contributed by atoms with van der Waals surface area (Å²) in [6.07, 6.45) is 0. The fraction of sp³-hybridized carbons (Fsp3) is 0.478. The van der Waals surface area contributed by atoms with Crippen LogP contribution in [0.4, 0.5) is 5.69 Å². The second-order valence-corrected chi connectivity index (χ2v) is 7.73. The summed E-state index contributed by atoms with van der Waals surface area (Å²) < 4.78 is 6.47. The van der Waals surface area contributed by atoms with Crippen molar-refractivity contribution < 1.29 is 4.74 Å². The van der Waals surface area contributed by atoms with Crippen LogP contribution in [0.5, 0.6) is 5.75 Å². The highest BCUT2D eigenvalue weighted by molar-refractivity contribution is 5.54. The standard InChI is InChI=1S/C23H32N2O/c1-17(2)20-9-7-10-21(18(3)4)23(20)26-16-19-8-5-6-11-22(19)25-14-12-24-13-15-25/h5-11,17-18,24H,12-16H2,1-4H3. The minimum absolute atomic E-state index is 0.451. The quantitative estimate of drug-likeness (QED) is 0.798. The zero-order valence-electron chi connectivity index (χ0n) is 16.6. The Balaban J connectivity index is 1.86. The van der Waals surface area contributed by atoms with Crippen molar-refractivity contribution in [3.05, 3.63) is 59.2 Å². The largest absolute Gasteiger partial charge is 0.488 e. The molecule has 2 aromatic rings. The van der Waals surface area contributed by atoms with E-state index in [0.717, 1.165) is 31.9 Å². The zero-order chi connectivity index (χ0) is 18.5. The molecule has 1 saturated heterocycles. The van der Waals surface area contributed by atoms with Crippen LogP contribution in [0.3, 0.4) is 0 Å². The monoisotopic (exact) mass is 352 g/mol. The van der Waals surface area contributed by atoms with Crippen LogP contribution < -0.4 is 15.0 Å². The summed E-state index contributed by atoms with van der Waals surface area (Å²) in [5.41, 5.74) is 5.18. The fourth-order valence-corrected chi connectivity index (χ4v) is 3.65. The Bertz CT molecular complexity index is 692. The molecule has 0 atom stereocenters. The van der Waals surface area contributed by atoms with Crippen LogP contribution in [0.1, 0.15) is 56.2 Å². The zero-order valence-corrected chi connectivity index (χ0v) is 16.6. The molecular formula is C23H32N2O. The molecule has 0 amide bonds. The molecule has 26 heavy (non-hydrogen) atoms. The highest BCUT2D eigenvalue weighted by atomic mass is 16.5. The summed E-state index contributed by atoms with van der Waals surface area (Å²) >= 11 is 0. The maximum atomic E-state index is 6.47. The second-order valence-electron chi connectivity index (χ2n) is 7.73. The van der Waals surface area contributed by atoms with Crippen LogP contribution in [0, 0.1) is 0 Å². The average molecular weight is 353 g/mol. The molecule has 0 aromatic heterocycles. The van der Waals surface area contributed by atoms with Crippen molar-refractivity contribution >= 4 is 5.69 Å².